The standard InChI is InChI=1S/C16H13F16NO4/c1-6(2)7(34)36-4-3-33-9(35)37-5-10(19,20)12(23,24)14(27,28)16(31,32)15(29,30)13(25,26)11(21,22)8(17)18/h8H,1,3-5H2,2H3,(H,33,35). The zero-order chi connectivity index (χ0) is 30.1. The average Bonchev–Trinajstić information content (AvgIpc) is 2.73. The Balaban J connectivity index is 5.80. The van der Waals surface area contributed by atoms with Gasteiger partial charge in [-0.2, -0.15) is 61.5 Å². The molecule has 0 spiro atoms. The number of ether oxygens (including phenoxy) is 2. The molecule has 0 atom stereocenters. The van der Waals surface area contributed by atoms with Crippen LogP contribution in [0.1, 0.15) is 6.92 Å². The van der Waals surface area contributed by atoms with Crippen molar-refractivity contribution < 1.29 is 89.3 Å². The van der Waals surface area contributed by atoms with Gasteiger partial charge in [0.25, 0.3) is 0 Å². The summed E-state index contributed by atoms with van der Waals surface area (Å²) in [6, 6.07) is 0. The normalized spacial score (nSPS) is 14.4. The van der Waals surface area contributed by atoms with Crippen LogP contribution in [-0.4, -0.2) is 79.7 Å². The van der Waals surface area contributed by atoms with Gasteiger partial charge in [-0.1, -0.05) is 6.58 Å². The predicted octanol–water partition coefficient (Wildman–Crippen LogP) is 5.54. The van der Waals surface area contributed by atoms with Gasteiger partial charge >= 0.3 is 59.9 Å². The van der Waals surface area contributed by atoms with E-state index in [1.807, 2.05) is 0 Å². The fourth-order valence-electron chi connectivity index (χ4n) is 1.89. The Morgan fingerprint density at radius 2 is 1.14 bits per heavy atom. The molecule has 1 amide bonds. The zero-order valence-corrected chi connectivity index (χ0v) is 17.6. The van der Waals surface area contributed by atoms with Crippen molar-refractivity contribution in [2.45, 2.75) is 54.8 Å². The molecular formula is C16H13F16NO4. The highest BCUT2D eigenvalue weighted by Crippen LogP contribution is 2.62. The van der Waals surface area contributed by atoms with Crippen LogP contribution in [0.4, 0.5) is 75.0 Å². The first kappa shape index (κ1) is 34.4. The Labute approximate surface area is 194 Å². The molecule has 218 valence electrons. The second-order valence-electron chi connectivity index (χ2n) is 6.92. The molecule has 21 heteroatoms. The van der Waals surface area contributed by atoms with Crippen LogP contribution in [0.25, 0.3) is 0 Å². The van der Waals surface area contributed by atoms with E-state index in [9.17, 15) is 79.8 Å². The summed E-state index contributed by atoms with van der Waals surface area (Å²) in [5, 5.41) is 1.39. The first-order valence-corrected chi connectivity index (χ1v) is 8.83. The van der Waals surface area contributed by atoms with E-state index in [0.717, 1.165) is 6.92 Å². The van der Waals surface area contributed by atoms with Crippen molar-refractivity contribution in [1.29, 1.82) is 0 Å². The number of hydrogen-bond acceptors (Lipinski definition) is 4. The topological polar surface area (TPSA) is 64.6 Å². The minimum Gasteiger partial charge on any atom is -0.460 e. The number of hydrogen-bond donors (Lipinski definition) is 1. The molecule has 0 aliphatic heterocycles. The Kier molecular flexibility index (Phi) is 9.86. The number of halogens is 16. The molecule has 0 bridgehead atoms. The maximum atomic E-state index is 13.6. The van der Waals surface area contributed by atoms with E-state index in [0.29, 0.717) is 0 Å². The summed E-state index contributed by atoms with van der Waals surface area (Å²) in [7, 11) is 0. The molecule has 0 saturated heterocycles. The van der Waals surface area contributed by atoms with Crippen LogP contribution in [0, 0.1) is 0 Å². The Morgan fingerprint density at radius 1 is 0.730 bits per heavy atom. The smallest absolute Gasteiger partial charge is 0.407 e. The molecule has 5 nitrogen and oxygen atoms in total. The monoisotopic (exact) mass is 587 g/mol. The van der Waals surface area contributed by atoms with Gasteiger partial charge in [-0.25, -0.2) is 18.4 Å². The number of alkyl carbamates (subject to hydrolysis) is 1. The largest absolute Gasteiger partial charge is 0.460 e. The van der Waals surface area contributed by atoms with E-state index >= 15 is 0 Å². The van der Waals surface area contributed by atoms with Crippen LogP contribution in [0.5, 0.6) is 0 Å². The van der Waals surface area contributed by atoms with Gasteiger partial charge in [0.2, 0.25) is 0 Å². The molecule has 0 aromatic carbocycles. The van der Waals surface area contributed by atoms with Gasteiger partial charge in [0.15, 0.2) is 6.61 Å². The van der Waals surface area contributed by atoms with E-state index < -0.39 is 79.7 Å². The predicted molar refractivity (Wildman–Crippen MR) is 85.8 cm³/mol. The number of nitrogens with one attached hydrogen (secondary N) is 1. The first-order chi connectivity index (χ1) is 16.2. The molecule has 0 radical (unpaired) electrons. The molecule has 0 aliphatic carbocycles. The SMILES string of the molecule is C=C(C)C(=O)OCCNC(=O)OCC(F)(F)C(F)(F)C(F)(F)C(F)(F)C(F)(F)C(F)(F)C(F)(F)C(F)F. The Morgan fingerprint density at radius 3 is 1.54 bits per heavy atom. The quantitative estimate of drug-likeness (QED) is 0.133. The van der Waals surface area contributed by atoms with Crippen molar-refractivity contribution in [3.8, 4) is 0 Å². The molecule has 1 N–H and O–H groups in total. The second-order valence-corrected chi connectivity index (χ2v) is 6.92. The van der Waals surface area contributed by atoms with Crippen LogP contribution in [0.3, 0.4) is 0 Å². The lowest BCUT2D eigenvalue weighted by Crippen LogP contribution is -2.74. The molecule has 37 heavy (non-hydrogen) atoms. The maximum Gasteiger partial charge on any atom is 0.407 e. The summed E-state index contributed by atoms with van der Waals surface area (Å²) in [6.07, 6.45) is -8.14. The highest BCUT2D eigenvalue weighted by molar-refractivity contribution is 5.86. The molecule has 0 heterocycles. The third kappa shape index (κ3) is 5.93. The van der Waals surface area contributed by atoms with Crippen LogP contribution >= 0.6 is 0 Å². The molecule has 0 aliphatic rings. The van der Waals surface area contributed by atoms with Crippen molar-refractivity contribution in [2.24, 2.45) is 0 Å². The lowest BCUT2D eigenvalue weighted by molar-refractivity contribution is -0.447. The van der Waals surface area contributed by atoms with Crippen LogP contribution < -0.4 is 5.32 Å². The van der Waals surface area contributed by atoms with Crippen LogP contribution in [0.2, 0.25) is 0 Å². The highest BCUT2D eigenvalue weighted by Gasteiger charge is 2.93. The molecule has 0 rings (SSSR count). The van der Waals surface area contributed by atoms with Gasteiger partial charge in [-0.05, 0) is 6.92 Å². The van der Waals surface area contributed by atoms with Crippen LogP contribution in [0.15, 0.2) is 12.2 Å². The van der Waals surface area contributed by atoms with Crippen molar-refractivity contribution >= 4 is 12.1 Å². The first-order valence-electron chi connectivity index (χ1n) is 8.83. The summed E-state index contributed by atoms with van der Waals surface area (Å²) >= 11 is 0. The third-order valence-corrected chi connectivity index (χ3v) is 4.07. The number of amides is 1. The van der Waals surface area contributed by atoms with Gasteiger partial charge < -0.3 is 14.8 Å². The van der Waals surface area contributed by atoms with Gasteiger partial charge in [0, 0.05) is 5.57 Å². The summed E-state index contributed by atoms with van der Waals surface area (Å²) in [6.45, 7) is -0.614. The van der Waals surface area contributed by atoms with Crippen LogP contribution in [-0.2, 0) is 14.3 Å². The Bertz CT molecular complexity index is 858. The van der Waals surface area contributed by atoms with Gasteiger partial charge in [-0.15, -0.1) is 0 Å². The van der Waals surface area contributed by atoms with E-state index in [4.69, 9.17) is 0 Å². The van der Waals surface area contributed by atoms with Gasteiger partial charge in [-0.3, -0.25) is 0 Å². The summed E-state index contributed by atoms with van der Waals surface area (Å²) in [5.74, 6) is -56.8. The van der Waals surface area contributed by atoms with Crippen molar-refractivity contribution in [3.05, 3.63) is 12.2 Å². The third-order valence-electron chi connectivity index (χ3n) is 4.07. The summed E-state index contributed by atoms with van der Waals surface area (Å²) < 4.78 is 218. The Hall–Kier alpha value is -2.64. The lowest BCUT2D eigenvalue weighted by atomic mass is 9.89. The number of rotatable bonds is 13. The number of esters is 1. The molecule has 0 fully saturated rings. The van der Waals surface area contributed by atoms with E-state index in [2.05, 4.69) is 16.1 Å². The lowest BCUT2D eigenvalue weighted by Gasteiger charge is -2.42. The maximum absolute atomic E-state index is 13.6. The fraction of sp³-hybridized carbons (Fsp3) is 0.750. The molecule has 0 saturated carbocycles. The number of alkyl halides is 16. The molecule has 0 aromatic heterocycles. The number of carbonyl (C=O) groups is 2. The molecule has 0 aromatic rings. The fourth-order valence-corrected chi connectivity index (χ4v) is 1.89. The van der Waals surface area contributed by atoms with Gasteiger partial charge in [0.05, 0.1) is 6.54 Å². The van der Waals surface area contributed by atoms with E-state index in [1.165, 1.54) is 5.32 Å². The highest BCUT2D eigenvalue weighted by atomic mass is 19.4. The minimum absolute atomic E-state index is 0.163. The zero-order valence-electron chi connectivity index (χ0n) is 17.6. The molecule has 0 unspecified atom stereocenters. The van der Waals surface area contributed by atoms with E-state index in [1.54, 1.807) is 0 Å². The summed E-state index contributed by atoms with van der Waals surface area (Å²) in [4.78, 5) is 22.1. The minimum atomic E-state index is -8.54. The second kappa shape index (κ2) is 10.6. The average molecular weight is 587 g/mol. The number of carbonyl (C=O) groups excluding carboxylic acids is 2. The van der Waals surface area contributed by atoms with Crippen molar-refractivity contribution in [3.63, 3.8) is 0 Å². The van der Waals surface area contributed by atoms with E-state index in [-0.39, 0.29) is 5.57 Å². The van der Waals surface area contributed by atoms with Crippen molar-refractivity contribution in [2.75, 3.05) is 19.8 Å². The van der Waals surface area contributed by atoms with Crippen molar-refractivity contribution in [1.82, 2.24) is 5.32 Å². The molecular weight excluding hydrogens is 574 g/mol. The van der Waals surface area contributed by atoms with Gasteiger partial charge in [0.1, 0.15) is 6.61 Å². The summed E-state index contributed by atoms with van der Waals surface area (Å²) in [5.41, 5.74) is -0.163.